The maximum Gasteiger partial charge on any atom is 0.339 e. The Kier molecular flexibility index (Phi) is 4.44. The SMILES string of the molecule is O=C(OCCS(=O)(=O)O)c1cccc(F)c1Cl. The second-order valence-electron chi connectivity index (χ2n) is 3.02. The zero-order valence-corrected chi connectivity index (χ0v) is 9.96. The van der Waals surface area contributed by atoms with E-state index in [4.69, 9.17) is 16.2 Å². The van der Waals surface area contributed by atoms with Crippen molar-refractivity contribution in [3.8, 4) is 0 Å². The lowest BCUT2D eigenvalue weighted by Gasteiger charge is -2.05. The van der Waals surface area contributed by atoms with Crippen LogP contribution in [0.2, 0.25) is 5.02 Å². The molecule has 0 heterocycles. The predicted octanol–water partition coefficient (Wildman–Crippen LogP) is 1.52. The van der Waals surface area contributed by atoms with Crippen molar-refractivity contribution in [2.24, 2.45) is 0 Å². The van der Waals surface area contributed by atoms with Crippen LogP contribution in [0.15, 0.2) is 18.2 Å². The molecule has 1 rings (SSSR count). The molecule has 0 fully saturated rings. The van der Waals surface area contributed by atoms with Crippen LogP contribution < -0.4 is 0 Å². The molecular formula is C9H8ClFO5S. The van der Waals surface area contributed by atoms with Gasteiger partial charge in [-0.25, -0.2) is 9.18 Å². The van der Waals surface area contributed by atoms with E-state index in [-0.39, 0.29) is 5.56 Å². The number of carbonyl (C=O) groups excluding carboxylic acids is 1. The molecule has 0 unspecified atom stereocenters. The third-order valence-electron chi connectivity index (χ3n) is 1.75. The quantitative estimate of drug-likeness (QED) is 0.669. The largest absolute Gasteiger partial charge is 0.461 e. The standard InChI is InChI=1S/C9H8ClFO5S/c10-8-6(2-1-3-7(8)11)9(12)16-4-5-17(13,14)15/h1-3H,4-5H2,(H,13,14,15). The summed E-state index contributed by atoms with van der Waals surface area (Å²) in [5.74, 6) is -2.47. The van der Waals surface area contributed by atoms with Gasteiger partial charge in [0.2, 0.25) is 0 Å². The molecule has 5 nitrogen and oxygen atoms in total. The van der Waals surface area contributed by atoms with E-state index in [1.807, 2.05) is 0 Å². The highest BCUT2D eigenvalue weighted by Gasteiger charge is 2.15. The number of carbonyl (C=O) groups is 1. The predicted molar refractivity (Wildman–Crippen MR) is 58.1 cm³/mol. The van der Waals surface area contributed by atoms with Gasteiger partial charge in [-0.15, -0.1) is 0 Å². The van der Waals surface area contributed by atoms with Crippen molar-refractivity contribution >= 4 is 27.7 Å². The Labute approximate surface area is 102 Å². The Morgan fingerprint density at radius 2 is 2.12 bits per heavy atom. The molecule has 1 aromatic carbocycles. The normalized spacial score (nSPS) is 11.2. The Morgan fingerprint density at radius 3 is 2.71 bits per heavy atom. The molecule has 0 bridgehead atoms. The lowest BCUT2D eigenvalue weighted by atomic mass is 10.2. The Hall–Kier alpha value is -1.18. The Morgan fingerprint density at radius 1 is 1.47 bits per heavy atom. The fourth-order valence-corrected chi connectivity index (χ4v) is 1.48. The average Bonchev–Trinajstić information content (AvgIpc) is 2.20. The van der Waals surface area contributed by atoms with Crippen molar-refractivity contribution < 1.29 is 26.9 Å². The van der Waals surface area contributed by atoms with Gasteiger partial charge >= 0.3 is 5.97 Å². The minimum Gasteiger partial charge on any atom is -0.461 e. The lowest BCUT2D eigenvalue weighted by molar-refractivity contribution is 0.0528. The maximum absolute atomic E-state index is 13.0. The van der Waals surface area contributed by atoms with Gasteiger partial charge in [-0.2, -0.15) is 8.42 Å². The van der Waals surface area contributed by atoms with E-state index in [1.54, 1.807) is 0 Å². The highest BCUT2D eigenvalue weighted by atomic mass is 35.5. The number of rotatable bonds is 4. The summed E-state index contributed by atoms with van der Waals surface area (Å²) >= 11 is 5.51. The van der Waals surface area contributed by atoms with E-state index in [0.29, 0.717) is 0 Å². The van der Waals surface area contributed by atoms with Crippen LogP contribution in [0.4, 0.5) is 4.39 Å². The van der Waals surface area contributed by atoms with Crippen molar-refractivity contribution in [2.75, 3.05) is 12.4 Å². The van der Waals surface area contributed by atoms with E-state index in [9.17, 15) is 17.6 Å². The third-order valence-corrected chi connectivity index (χ3v) is 2.81. The van der Waals surface area contributed by atoms with Gasteiger partial charge in [0.25, 0.3) is 10.1 Å². The topological polar surface area (TPSA) is 80.7 Å². The fraction of sp³-hybridized carbons (Fsp3) is 0.222. The van der Waals surface area contributed by atoms with E-state index in [0.717, 1.165) is 6.07 Å². The zero-order chi connectivity index (χ0) is 13.1. The molecule has 1 aromatic rings. The molecule has 0 aliphatic carbocycles. The van der Waals surface area contributed by atoms with Crippen molar-refractivity contribution in [2.45, 2.75) is 0 Å². The molecule has 94 valence electrons. The summed E-state index contributed by atoms with van der Waals surface area (Å²) in [7, 11) is -4.20. The van der Waals surface area contributed by atoms with Gasteiger partial charge in [0, 0.05) is 0 Å². The van der Waals surface area contributed by atoms with E-state index in [2.05, 4.69) is 4.74 Å². The third kappa shape index (κ3) is 4.29. The van der Waals surface area contributed by atoms with Crippen LogP contribution in [0.25, 0.3) is 0 Å². The lowest BCUT2D eigenvalue weighted by Crippen LogP contribution is -2.15. The molecule has 0 spiro atoms. The summed E-state index contributed by atoms with van der Waals surface area (Å²) in [5.41, 5.74) is -0.206. The highest BCUT2D eigenvalue weighted by Crippen LogP contribution is 2.20. The van der Waals surface area contributed by atoms with Crippen LogP contribution in [-0.4, -0.2) is 31.3 Å². The molecule has 0 radical (unpaired) electrons. The van der Waals surface area contributed by atoms with Crippen molar-refractivity contribution in [1.82, 2.24) is 0 Å². The maximum atomic E-state index is 13.0. The van der Waals surface area contributed by atoms with Crippen molar-refractivity contribution in [3.05, 3.63) is 34.6 Å². The fourth-order valence-electron chi connectivity index (χ4n) is 0.979. The molecule has 0 aromatic heterocycles. The number of halogens is 2. The second-order valence-corrected chi connectivity index (χ2v) is 4.97. The second kappa shape index (κ2) is 5.44. The van der Waals surface area contributed by atoms with Gasteiger partial charge in [0.05, 0.1) is 10.6 Å². The first-order valence-electron chi connectivity index (χ1n) is 4.37. The monoisotopic (exact) mass is 282 g/mol. The highest BCUT2D eigenvalue weighted by molar-refractivity contribution is 7.85. The van der Waals surface area contributed by atoms with Gasteiger partial charge in [-0.05, 0) is 12.1 Å². The van der Waals surface area contributed by atoms with Gasteiger partial charge in [0.15, 0.2) is 0 Å². The molecule has 17 heavy (non-hydrogen) atoms. The smallest absolute Gasteiger partial charge is 0.339 e. The average molecular weight is 283 g/mol. The zero-order valence-electron chi connectivity index (χ0n) is 8.39. The Balaban J connectivity index is 2.68. The number of hydrogen-bond donors (Lipinski definition) is 1. The Bertz CT molecular complexity index is 528. The summed E-state index contributed by atoms with van der Waals surface area (Å²) in [5, 5.41) is -0.399. The minimum atomic E-state index is -4.20. The summed E-state index contributed by atoms with van der Waals surface area (Å²) < 4.78 is 46.6. The van der Waals surface area contributed by atoms with E-state index >= 15 is 0 Å². The summed E-state index contributed by atoms with van der Waals surface area (Å²) in [6.45, 7) is -0.537. The molecule has 0 amide bonds. The molecule has 0 saturated carbocycles. The molecule has 8 heteroatoms. The molecule has 0 saturated heterocycles. The first-order chi connectivity index (χ1) is 7.81. The van der Waals surface area contributed by atoms with E-state index < -0.39 is 39.3 Å². The van der Waals surface area contributed by atoms with E-state index in [1.165, 1.54) is 12.1 Å². The van der Waals surface area contributed by atoms with Crippen LogP contribution in [0.3, 0.4) is 0 Å². The minimum absolute atomic E-state index is 0.206. The molecule has 0 aliphatic heterocycles. The van der Waals surface area contributed by atoms with Crippen LogP contribution in [0.5, 0.6) is 0 Å². The van der Waals surface area contributed by atoms with Crippen molar-refractivity contribution in [1.29, 1.82) is 0 Å². The van der Waals surface area contributed by atoms with Crippen LogP contribution in [-0.2, 0) is 14.9 Å². The number of hydrogen-bond acceptors (Lipinski definition) is 4. The molecular weight excluding hydrogens is 275 g/mol. The molecule has 0 atom stereocenters. The van der Waals surface area contributed by atoms with Crippen LogP contribution in [0, 0.1) is 5.82 Å². The van der Waals surface area contributed by atoms with Crippen molar-refractivity contribution in [3.63, 3.8) is 0 Å². The van der Waals surface area contributed by atoms with Gasteiger partial charge in [0.1, 0.15) is 18.2 Å². The van der Waals surface area contributed by atoms with Gasteiger partial charge in [-0.3, -0.25) is 4.55 Å². The molecule has 0 aliphatic rings. The summed E-state index contributed by atoms with van der Waals surface area (Å²) in [6.07, 6.45) is 0. The summed E-state index contributed by atoms with van der Waals surface area (Å²) in [4.78, 5) is 11.4. The van der Waals surface area contributed by atoms with Gasteiger partial charge < -0.3 is 4.74 Å². The molecule has 1 N–H and O–H groups in total. The van der Waals surface area contributed by atoms with Crippen LogP contribution >= 0.6 is 11.6 Å². The first-order valence-corrected chi connectivity index (χ1v) is 6.36. The number of benzene rings is 1. The van der Waals surface area contributed by atoms with Gasteiger partial charge in [-0.1, -0.05) is 17.7 Å². The van der Waals surface area contributed by atoms with Crippen LogP contribution in [0.1, 0.15) is 10.4 Å². The number of ether oxygens (including phenoxy) is 1. The summed E-state index contributed by atoms with van der Waals surface area (Å²) in [6, 6.07) is 3.57. The number of esters is 1. The first kappa shape index (κ1) is 13.9.